The van der Waals surface area contributed by atoms with Gasteiger partial charge in [0.2, 0.25) is 0 Å². The standard InChI is InChI=1S/C26H30O5/c1-16-10-11-20(17-8-6-5-7-9-17)23(19(16)12-13-26(2,3)30)25(29)24-21(27)14-18(31-4)15-22(24)28/h5-10,12-15,19-20,23,27-28,30H,11H2,1-4H3/b13-12+/t19-,20+,23+/m1/s1. The molecule has 0 spiro atoms. The minimum atomic E-state index is -1.03. The number of carbonyl (C=O) groups excluding carboxylic acids is 1. The summed E-state index contributed by atoms with van der Waals surface area (Å²) in [7, 11) is 1.42. The first kappa shape index (κ1) is 22.6. The van der Waals surface area contributed by atoms with Crippen molar-refractivity contribution in [2.45, 2.75) is 38.7 Å². The molecule has 1 aliphatic carbocycles. The molecule has 3 N–H and O–H groups in total. The van der Waals surface area contributed by atoms with E-state index in [1.165, 1.54) is 19.2 Å². The maximum absolute atomic E-state index is 13.8. The largest absolute Gasteiger partial charge is 0.507 e. The molecule has 0 fully saturated rings. The molecule has 0 saturated carbocycles. The number of carbonyl (C=O) groups is 1. The van der Waals surface area contributed by atoms with Gasteiger partial charge in [-0.05, 0) is 38.7 Å². The van der Waals surface area contributed by atoms with Crippen LogP contribution in [-0.4, -0.2) is 33.8 Å². The van der Waals surface area contributed by atoms with E-state index in [1.54, 1.807) is 19.9 Å². The van der Waals surface area contributed by atoms with E-state index in [0.29, 0.717) is 6.42 Å². The van der Waals surface area contributed by atoms with Gasteiger partial charge in [0.05, 0.1) is 12.7 Å². The van der Waals surface area contributed by atoms with Gasteiger partial charge in [-0.3, -0.25) is 4.79 Å². The molecule has 2 aromatic rings. The predicted molar refractivity (Wildman–Crippen MR) is 121 cm³/mol. The van der Waals surface area contributed by atoms with Gasteiger partial charge in [0.15, 0.2) is 5.78 Å². The molecule has 2 aromatic carbocycles. The van der Waals surface area contributed by atoms with Gasteiger partial charge in [-0.25, -0.2) is 0 Å². The lowest BCUT2D eigenvalue weighted by Gasteiger charge is -2.36. The van der Waals surface area contributed by atoms with Gasteiger partial charge in [0.25, 0.3) is 0 Å². The first-order chi connectivity index (χ1) is 14.6. The summed E-state index contributed by atoms with van der Waals surface area (Å²) in [6, 6.07) is 12.4. The van der Waals surface area contributed by atoms with Crippen LogP contribution in [0.1, 0.15) is 49.0 Å². The minimum Gasteiger partial charge on any atom is -0.507 e. The summed E-state index contributed by atoms with van der Waals surface area (Å²) in [6.07, 6.45) is 6.34. The maximum atomic E-state index is 13.8. The number of phenolic OH excluding ortho intramolecular Hbond substituents is 2. The van der Waals surface area contributed by atoms with Crippen LogP contribution in [0.25, 0.3) is 0 Å². The molecule has 1 aliphatic rings. The summed E-state index contributed by atoms with van der Waals surface area (Å²) in [5, 5.41) is 31.3. The number of rotatable bonds is 6. The van der Waals surface area contributed by atoms with Crippen LogP contribution in [0.4, 0.5) is 0 Å². The SMILES string of the molecule is COc1cc(O)c(C(=O)[C@H]2[C@H](/C=C/C(C)(C)O)C(C)=CC[C@H]2c2ccccc2)c(O)c1. The van der Waals surface area contributed by atoms with Crippen molar-refractivity contribution in [3.05, 3.63) is 77.4 Å². The Bertz CT molecular complexity index is 975. The van der Waals surface area contributed by atoms with Crippen LogP contribution in [-0.2, 0) is 0 Å². The van der Waals surface area contributed by atoms with Crippen molar-refractivity contribution >= 4 is 5.78 Å². The number of hydrogen-bond donors (Lipinski definition) is 3. The second-order valence-electron chi connectivity index (χ2n) is 8.67. The number of allylic oxidation sites excluding steroid dienone is 3. The molecule has 3 atom stereocenters. The van der Waals surface area contributed by atoms with Gasteiger partial charge in [0, 0.05) is 24.0 Å². The topological polar surface area (TPSA) is 87.0 Å². The molecule has 3 rings (SSSR count). The Balaban J connectivity index is 2.14. The van der Waals surface area contributed by atoms with Gasteiger partial charge in [-0.1, -0.05) is 54.1 Å². The molecule has 0 unspecified atom stereocenters. The zero-order valence-electron chi connectivity index (χ0n) is 18.4. The number of benzene rings is 2. The van der Waals surface area contributed by atoms with E-state index in [2.05, 4.69) is 6.08 Å². The second kappa shape index (κ2) is 8.98. The molecule has 0 saturated heterocycles. The summed E-state index contributed by atoms with van der Waals surface area (Å²) >= 11 is 0. The van der Waals surface area contributed by atoms with E-state index < -0.39 is 11.5 Å². The third kappa shape index (κ3) is 5.00. The first-order valence-electron chi connectivity index (χ1n) is 10.4. The smallest absolute Gasteiger partial charge is 0.174 e. The number of phenols is 2. The Morgan fingerprint density at radius 3 is 2.29 bits per heavy atom. The molecular weight excluding hydrogens is 392 g/mol. The number of Topliss-reactive ketones (excluding diaryl/α,β-unsaturated/α-hetero) is 1. The van der Waals surface area contributed by atoms with E-state index >= 15 is 0 Å². The number of aromatic hydroxyl groups is 2. The van der Waals surface area contributed by atoms with E-state index in [0.717, 1.165) is 11.1 Å². The van der Waals surface area contributed by atoms with E-state index in [1.807, 2.05) is 43.3 Å². The zero-order valence-corrected chi connectivity index (χ0v) is 18.4. The first-order valence-corrected chi connectivity index (χ1v) is 10.4. The highest BCUT2D eigenvalue weighted by Gasteiger charge is 2.40. The summed E-state index contributed by atoms with van der Waals surface area (Å²) in [6.45, 7) is 5.32. The van der Waals surface area contributed by atoms with Crippen molar-refractivity contribution in [3.63, 3.8) is 0 Å². The lowest BCUT2D eigenvalue weighted by molar-refractivity contribution is 0.0859. The summed E-state index contributed by atoms with van der Waals surface area (Å²) in [5.74, 6) is -1.70. The highest BCUT2D eigenvalue weighted by Crippen LogP contribution is 2.46. The van der Waals surface area contributed by atoms with Crippen molar-refractivity contribution in [1.29, 1.82) is 0 Å². The fourth-order valence-electron chi connectivity index (χ4n) is 4.25. The molecular formula is C26H30O5. The molecule has 0 aliphatic heterocycles. The van der Waals surface area contributed by atoms with Crippen LogP contribution in [0.15, 0.2) is 66.3 Å². The number of ketones is 1. The van der Waals surface area contributed by atoms with E-state index in [-0.39, 0.29) is 40.4 Å². The highest BCUT2D eigenvalue weighted by atomic mass is 16.5. The fourth-order valence-corrected chi connectivity index (χ4v) is 4.25. The Labute approximate surface area is 183 Å². The molecule has 31 heavy (non-hydrogen) atoms. The van der Waals surface area contributed by atoms with Crippen LogP contribution in [0.2, 0.25) is 0 Å². The van der Waals surface area contributed by atoms with Gasteiger partial charge in [-0.2, -0.15) is 0 Å². The van der Waals surface area contributed by atoms with Crippen LogP contribution in [0.3, 0.4) is 0 Å². The molecule has 5 heteroatoms. The Morgan fingerprint density at radius 2 is 1.74 bits per heavy atom. The number of aliphatic hydroxyl groups is 1. The summed E-state index contributed by atoms with van der Waals surface area (Å²) in [5.41, 5.74) is 0.887. The van der Waals surface area contributed by atoms with E-state index in [9.17, 15) is 20.1 Å². The minimum absolute atomic E-state index is 0.108. The lowest BCUT2D eigenvalue weighted by Crippen LogP contribution is -2.33. The quantitative estimate of drug-likeness (QED) is 0.451. The molecule has 0 aromatic heterocycles. The third-order valence-corrected chi connectivity index (χ3v) is 5.83. The Kier molecular flexibility index (Phi) is 6.56. The highest BCUT2D eigenvalue weighted by molar-refractivity contribution is 6.04. The van der Waals surface area contributed by atoms with Crippen LogP contribution < -0.4 is 4.74 Å². The molecule has 0 radical (unpaired) electrons. The second-order valence-corrected chi connectivity index (χ2v) is 8.67. The van der Waals surface area contributed by atoms with Crippen LogP contribution >= 0.6 is 0 Å². The predicted octanol–water partition coefficient (Wildman–Crippen LogP) is 4.98. The summed E-state index contributed by atoms with van der Waals surface area (Å²) in [4.78, 5) is 13.8. The average molecular weight is 423 g/mol. The van der Waals surface area contributed by atoms with Gasteiger partial charge in [0.1, 0.15) is 22.8 Å². The van der Waals surface area contributed by atoms with Crippen LogP contribution in [0, 0.1) is 11.8 Å². The third-order valence-electron chi connectivity index (χ3n) is 5.83. The monoisotopic (exact) mass is 422 g/mol. The fraction of sp³-hybridized carbons (Fsp3) is 0.346. The van der Waals surface area contributed by atoms with Gasteiger partial charge >= 0.3 is 0 Å². The molecule has 5 nitrogen and oxygen atoms in total. The Hall–Kier alpha value is -3.05. The van der Waals surface area contributed by atoms with Gasteiger partial charge in [-0.15, -0.1) is 0 Å². The van der Waals surface area contributed by atoms with Crippen molar-refractivity contribution in [2.24, 2.45) is 11.8 Å². The average Bonchev–Trinajstić information content (AvgIpc) is 2.71. The lowest BCUT2D eigenvalue weighted by atomic mass is 9.66. The number of methoxy groups -OCH3 is 1. The zero-order chi connectivity index (χ0) is 22.8. The van der Waals surface area contributed by atoms with Gasteiger partial charge < -0.3 is 20.1 Å². The number of hydrogen-bond acceptors (Lipinski definition) is 5. The molecule has 0 bridgehead atoms. The number of ether oxygens (including phenoxy) is 1. The van der Waals surface area contributed by atoms with Crippen molar-refractivity contribution in [1.82, 2.24) is 0 Å². The molecule has 0 amide bonds. The molecule has 164 valence electrons. The van der Waals surface area contributed by atoms with Crippen molar-refractivity contribution in [3.8, 4) is 17.2 Å². The Morgan fingerprint density at radius 1 is 1.13 bits per heavy atom. The molecule has 0 heterocycles. The van der Waals surface area contributed by atoms with Crippen molar-refractivity contribution in [2.75, 3.05) is 7.11 Å². The van der Waals surface area contributed by atoms with Crippen LogP contribution in [0.5, 0.6) is 17.2 Å². The summed E-state index contributed by atoms with van der Waals surface area (Å²) < 4.78 is 5.08. The normalized spacial score (nSPS) is 21.7. The maximum Gasteiger partial charge on any atom is 0.174 e. The van der Waals surface area contributed by atoms with Crippen molar-refractivity contribution < 1.29 is 24.9 Å². The van der Waals surface area contributed by atoms with E-state index in [4.69, 9.17) is 4.74 Å².